The molecular weight excluding hydrogens is 212 g/mol. The number of halogens is 5. The number of alkyl halides is 3. The Hall–Kier alpha value is -1.04. The minimum absolute atomic E-state index is 0.193. The molecule has 0 radical (unpaired) electrons. The summed E-state index contributed by atoms with van der Waals surface area (Å²) in [6.45, 7) is 0. The second-order valence-electron chi connectivity index (χ2n) is 2.19. The molecule has 2 N–H and O–H groups in total. The number of nitrogens with two attached hydrogens (primary N) is 1. The zero-order chi connectivity index (χ0) is 10.2. The second-order valence-corrected chi connectivity index (χ2v) is 2.57. The van der Waals surface area contributed by atoms with E-state index in [1.807, 2.05) is 0 Å². The average Bonchev–Trinajstić information content (AvgIpc) is 1.94. The Labute approximate surface area is 75.3 Å². The molecule has 1 aromatic heterocycles. The van der Waals surface area contributed by atoms with Gasteiger partial charge in [0.15, 0.2) is 0 Å². The standard InChI is InChI=1S/C6H3ClF4N2/c7-4-2(6(9,10)11)1-3(8)13-5(4)12/h1H,(H2,12,13). The van der Waals surface area contributed by atoms with Crippen LogP contribution in [-0.2, 0) is 6.18 Å². The molecule has 0 amide bonds. The number of pyridine rings is 1. The molecular formula is C6H3ClF4N2. The molecule has 13 heavy (non-hydrogen) atoms. The summed E-state index contributed by atoms with van der Waals surface area (Å²) in [6.07, 6.45) is -4.73. The van der Waals surface area contributed by atoms with E-state index >= 15 is 0 Å². The predicted molar refractivity (Wildman–Crippen MR) is 38.6 cm³/mol. The maximum atomic E-state index is 12.4. The van der Waals surface area contributed by atoms with Crippen molar-refractivity contribution in [1.29, 1.82) is 0 Å². The average molecular weight is 215 g/mol. The summed E-state index contributed by atoms with van der Waals surface area (Å²) in [5.74, 6) is -1.98. The van der Waals surface area contributed by atoms with E-state index in [1.54, 1.807) is 0 Å². The lowest BCUT2D eigenvalue weighted by Crippen LogP contribution is -2.09. The molecule has 0 aliphatic heterocycles. The van der Waals surface area contributed by atoms with E-state index in [2.05, 4.69) is 4.98 Å². The van der Waals surface area contributed by atoms with Crippen LogP contribution in [0.3, 0.4) is 0 Å². The Kier molecular flexibility index (Phi) is 2.34. The fraction of sp³-hybridized carbons (Fsp3) is 0.167. The summed E-state index contributed by atoms with van der Waals surface area (Å²) in [7, 11) is 0. The molecule has 1 rings (SSSR count). The van der Waals surface area contributed by atoms with Gasteiger partial charge in [-0.2, -0.15) is 17.6 Å². The van der Waals surface area contributed by atoms with Crippen LogP contribution in [0.25, 0.3) is 0 Å². The van der Waals surface area contributed by atoms with Crippen LogP contribution in [0.15, 0.2) is 6.07 Å². The van der Waals surface area contributed by atoms with Crippen molar-refractivity contribution in [2.24, 2.45) is 0 Å². The molecule has 0 spiro atoms. The minimum atomic E-state index is -4.73. The van der Waals surface area contributed by atoms with Crippen LogP contribution in [-0.4, -0.2) is 4.98 Å². The first-order chi connectivity index (χ1) is 5.82. The molecule has 0 unspecified atom stereocenters. The first-order valence-electron chi connectivity index (χ1n) is 3.01. The van der Waals surface area contributed by atoms with Crippen LogP contribution in [0.2, 0.25) is 5.02 Å². The van der Waals surface area contributed by atoms with Gasteiger partial charge in [0.2, 0.25) is 5.95 Å². The Morgan fingerprint density at radius 3 is 2.38 bits per heavy atom. The second kappa shape index (κ2) is 3.02. The Morgan fingerprint density at radius 1 is 1.38 bits per heavy atom. The van der Waals surface area contributed by atoms with Gasteiger partial charge in [-0.05, 0) is 0 Å². The Bertz CT molecular complexity index is 336. The van der Waals surface area contributed by atoms with E-state index in [-0.39, 0.29) is 6.07 Å². The van der Waals surface area contributed by atoms with E-state index in [9.17, 15) is 17.6 Å². The van der Waals surface area contributed by atoms with Crippen molar-refractivity contribution in [3.05, 3.63) is 22.6 Å². The lowest BCUT2D eigenvalue weighted by atomic mass is 10.2. The van der Waals surface area contributed by atoms with Crippen LogP contribution in [0.5, 0.6) is 0 Å². The van der Waals surface area contributed by atoms with Gasteiger partial charge in [0.1, 0.15) is 5.82 Å². The summed E-state index contributed by atoms with van der Waals surface area (Å²) < 4.78 is 48.6. The van der Waals surface area contributed by atoms with Crippen LogP contribution >= 0.6 is 11.6 Å². The third-order valence-electron chi connectivity index (χ3n) is 1.26. The van der Waals surface area contributed by atoms with Crippen molar-refractivity contribution in [3.63, 3.8) is 0 Å². The van der Waals surface area contributed by atoms with Gasteiger partial charge < -0.3 is 5.73 Å². The quantitative estimate of drug-likeness (QED) is 0.532. The number of nitrogen functional groups attached to an aromatic ring is 1. The van der Waals surface area contributed by atoms with Gasteiger partial charge >= 0.3 is 6.18 Å². The maximum Gasteiger partial charge on any atom is 0.418 e. The molecule has 0 atom stereocenters. The highest BCUT2D eigenvalue weighted by atomic mass is 35.5. The SMILES string of the molecule is Nc1nc(F)cc(C(F)(F)F)c1Cl. The summed E-state index contributed by atoms with van der Waals surface area (Å²) in [5.41, 5.74) is 3.61. The molecule has 72 valence electrons. The number of hydrogen-bond acceptors (Lipinski definition) is 2. The van der Waals surface area contributed by atoms with Gasteiger partial charge in [0, 0.05) is 6.07 Å². The number of rotatable bonds is 0. The topological polar surface area (TPSA) is 38.9 Å². The number of nitrogens with zero attached hydrogens (tertiary/aromatic N) is 1. The third-order valence-corrected chi connectivity index (χ3v) is 1.65. The highest BCUT2D eigenvalue weighted by molar-refractivity contribution is 6.33. The largest absolute Gasteiger partial charge is 0.418 e. The third kappa shape index (κ3) is 2.00. The van der Waals surface area contributed by atoms with Gasteiger partial charge in [-0.25, -0.2) is 4.98 Å². The van der Waals surface area contributed by atoms with Crippen LogP contribution in [0.4, 0.5) is 23.4 Å². The van der Waals surface area contributed by atoms with Gasteiger partial charge in [-0.1, -0.05) is 11.6 Å². The monoisotopic (exact) mass is 214 g/mol. The molecule has 0 saturated carbocycles. The van der Waals surface area contributed by atoms with Crippen molar-refractivity contribution >= 4 is 17.4 Å². The Balaban J connectivity index is 3.37. The van der Waals surface area contributed by atoms with Crippen molar-refractivity contribution in [2.75, 3.05) is 5.73 Å². The van der Waals surface area contributed by atoms with Crippen LogP contribution < -0.4 is 5.73 Å². The highest BCUT2D eigenvalue weighted by Gasteiger charge is 2.35. The fourth-order valence-corrected chi connectivity index (χ4v) is 0.927. The first-order valence-corrected chi connectivity index (χ1v) is 3.39. The zero-order valence-electron chi connectivity index (χ0n) is 5.99. The lowest BCUT2D eigenvalue weighted by molar-refractivity contribution is -0.137. The van der Waals surface area contributed by atoms with E-state index in [0.29, 0.717) is 0 Å². The smallest absolute Gasteiger partial charge is 0.382 e. The minimum Gasteiger partial charge on any atom is -0.382 e. The Morgan fingerprint density at radius 2 is 1.92 bits per heavy atom. The van der Waals surface area contributed by atoms with Crippen LogP contribution in [0, 0.1) is 5.95 Å². The normalized spacial score (nSPS) is 11.8. The summed E-state index contributed by atoms with van der Waals surface area (Å²) in [5, 5.41) is -0.783. The molecule has 0 aromatic carbocycles. The fourth-order valence-electron chi connectivity index (χ4n) is 0.723. The summed E-state index contributed by atoms with van der Waals surface area (Å²) in [4.78, 5) is 2.93. The molecule has 0 fully saturated rings. The number of anilines is 1. The number of aromatic nitrogens is 1. The summed E-state index contributed by atoms with van der Waals surface area (Å²) in [6, 6.07) is 0.193. The van der Waals surface area contributed by atoms with Crippen molar-refractivity contribution < 1.29 is 17.6 Å². The molecule has 1 heterocycles. The van der Waals surface area contributed by atoms with E-state index in [0.717, 1.165) is 0 Å². The maximum absolute atomic E-state index is 12.4. The highest BCUT2D eigenvalue weighted by Crippen LogP contribution is 2.36. The molecule has 7 heteroatoms. The van der Waals surface area contributed by atoms with Crippen LogP contribution in [0.1, 0.15) is 5.56 Å². The number of hydrogen-bond donors (Lipinski definition) is 1. The summed E-state index contributed by atoms with van der Waals surface area (Å²) >= 11 is 5.18. The van der Waals surface area contributed by atoms with Gasteiger partial charge in [0.25, 0.3) is 0 Å². The molecule has 0 saturated heterocycles. The van der Waals surface area contributed by atoms with Crippen molar-refractivity contribution in [2.45, 2.75) is 6.18 Å². The van der Waals surface area contributed by atoms with E-state index in [4.69, 9.17) is 17.3 Å². The predicted octanol–water partition coefficient (Wildman–Crippen LogP) is 2.48. The van der Waals surface area contributed by atoms with Gasteiger partial charge in [-0.15, -0.1) is 0 Å². The van der Waals surface area contributed by atoms with E-state index in [1.165, 1.54) is 0 Å². The zero-order valence-corrected chi connectivity index (χ0v) is 6.75. The molecule has 0 bridgehead atoms. The molecule has 1 aromatic rings. The van der Waals surface area contributed by atoms with Crippen molar-refractivity contribution in [3.8, 4) is 0 Å². The van der Waals surface area contributed by atoms with Gasteiger partial charge in [-0.3, -0.25) is 0 Å². The van der Waals surface area contributed by atoms with Gasteiger partial charge in [0.05, 0.1) is 10.6 Å². The molecule has 0 aliphatic carbocycles. The first kappa shape index (κ1) is 10.0. The lowest BCUT2D eigenvalue weighted by Gasteiger charge is -2.09. The van der Waals surface area contributed by atoms with Crippen molar-refractivity contribution in [1.82, 2.24) is 4.98 Å². The molecule has 0 aliphatic rings. The van der Waals surface area contributed by atoms with E-state index < -0.39 is 28.5 Å². The molecule has 2 nitrogen and oxygen atoms in total.